The number of anilines is 1. The highest BCUT2D eigenvalue weighted by atomic mass is 16.5. The van der Waals surface area contributed by atoms with Crippen LogP contribution in [0.25, 0.3) is 0 Å². The molecule has 1 saturated heterocycles. The highest BCUT2D eigenvalue weighted by Gasteiger charge is 2.13. The van der Waals surface area contributed by atoms with Crippen LogP contribution in [0.15, 0.2) is 54.6 Å². The minimum absolute atomic E-state index is 0.0117. The van der Waals surface area contributed by atoms with Gasteiger partial charge in [-0.25, -0.2) is 0 Å². The first-order chi connectivity index (χ1) is 11.8. The predicted octanol–water partition coefficient (Wildman–Crippen LogP) is 2.71. The molecule has 5 nitrogen and oxygen atoms in total. The third-order valence-corrected chi connectivity index (χ3v) is 4.00. The molecule has 1 aliphatic heterocycles. The summed E-state index contributed by atoms with van der Waals surface area (Å²) in [4.78, 5) is 14.6. The highest BCUT2D eigenvalue weighted by Crippen LogP contribution is 2.29. The summed E-state index contributed by atoms with van der Waals surface area (Å²) in [7, 11) is 0. The van der Waals surface area contributed by atoms with Gasteiger partial charge in [0, 0.05) is 39.1 Å². The van der Waals surface area contributed by atoms with Crippen molar-refractivity contribution < 1.29 is 9.53 Å². The first kappa shape index (κ1) is 16.5. The number of hydrogen-bond donors (Lipinski definition) is 2. The fourth-order valence-corrected chi connectivity index (χ4v) is 2.68. The van der Waals surface area contributed by atoms with Crippen LogP contribution in [0.4, 0.5) is 5.69 Å². The largest absolute Gasteiger partial charge is 0.455 e. The average Bonchev–Trinajstić information content (AvgIpc) is 2.63. The van der Waals surface area contributed by atoms with E-state index in [-0.39, 0.29) is 5.91 Å². The van der Waals surface area contributed by atoms with E-state index in [2.05, 4.69) is 15.5 Å². The molecule has 0 bridgehead atoms. The Bertz CT molecular complexity index is 655. The molecule has 3 rings (SSSR count). The van der Waals surface area contributed by atoms with Crippen molar-refractivity contribution in [1.29, 1.82) is 0 Å². The summed E-state index contributed by atoms with van der Waals surface area (Å²) in [6, 6.07) is 17.1. The molecule has 1 fully saturated rings. The standard InChI is InChI=1S/C19H23N3O2/c23-19(10-13-22-14-11-20-12-15-22)21-17-8-4-5-9-18(17)24-16-6-2-1-3-7-16/h1-9,20H,10-15H2,(H,21,23). The van der Waals surface area contributed by atoms with Crippen LogP contribution in [-0.2, 0) is 4.79 Å². The van der Waals surface area contributed by atoms with Crippen LogP contribution in [-0.4, -0.2) is 43.5 Å². The molecular weight excluding hydrogens is 302 g/mol. The fourth-order valence-electron chi connectivity index (χ4n) is 2.68. The van der Waals surface area contributed by atoms with Crippen molar-refractivity contribution in [2.75, 3.05) is 38.0 Å². The Balaban J connectivity index is 1.57. The molecule has 0 atom stereocenters. The van der Waals surface area contributed by atoms with Gasteiger partial charge in [-0.1, -0.05) is 30.3 Å². The topological polar surface area (TPSA) is 53.6 Å². The number of para-hydroxylation sites is 3. The van der Waals surface area contributed by atoms with Gasteiger partial charge in [-0.2, -0.15) is 0 Å². The molecule has 0 aromatic heterocycles. The van der Waals surface area contributed by atoms with Crippen LogP contribution in [0.1, 0.15) is 6.42 Å². The molecule has 126 valence electrons. The van der Waals surface area contributed by atoms with Gasteiger partial charge in [0.1, 0.15) is 5.75 Å². The number of nitrogens with one attached hydrogen (secondary N) is 2. The van der Waals surface area contributed by atoms with Crippen molar-refractivity contribution in [1.82, 2.24) is 10.2 Å². The molecule has 1 aliphatic rings. The van der Waals surface area contributed by atoms with E-state index in [1.807, 2.05) is 54.6 Å². The van der Waals surface area contributed by atoms with E-state index in [0.717, 1.165) is 38.5 Å². The molecule has 1 heterocycles. The van der Waals surface area contributed by atoms with Crippen molar-refractivity contribution in [2.24, 2.45) is 0 Å². The lowest BCUT2D eigenvalue weighted by Gasteiger charge is -2.26. The molecule has 1 amide bonds. The van der Waals surface area contributed by atoms with E-state index in [0.29, 0.717) is 17.9 Å². The lowest BCUT2D eigenvalue weighted by atomic mass is 10.2. The lowest BCUT2D eigenvalue weighted by molar-refractivity contribution is -0.116. The van der Waals surface area contributed by atoms with E-state index in [1.165, 1.54) is 0 Å². The number of benzene rings is 2. The summed E-state index contributed by atoms with van der Waals surface area (Å²) < 4.78 is 5.87. The smallest absolute Gasteiger partial charge is 0.225 e. The van der Waals surface area contributed by atoms with E-state index < -0.39 is 0 Å². The number of amides is 1. The summed E-state index contributed by atoms with van der Waals surface area (Å²) in [5.41, 5.74) is 0.701. The van der Waals surface area contributed by atoms with E-state index in [9.17, 15) is 4.79 Å². The van der Waals surface area contributed by atoms with E-state index >= 15 is 0 Å². The van der Waals surface area contributed by atoms with Gasteiger partial charge >= 0.3 is 0 Å². The van der Waals surface area contributed by atoms with E-state index in [1.54, 1.807) is 0 Å². The van der Waals surface area contributed by atoms with Crippen LogP contribution in [0.3, 0.4) is 0 Å². The number of piperazine rings is 1. The van der Waals surface area contributed by atoms with Crippen molar-refractivity contribution >= 4 is 11.6 Å². The molecule has 2 aromatic rings. The first-order valence-electron chi connectivity index (χ1n) is 8.36. The zero-order chi connectivity index (χ0) is 16.6. The van der Waals surface area contributed by atoms with Gasteiger partial charge in [-0.15, -0.1) is 0 Å². The molecule has 24 heavy (non-hydrogen) atoms. The lowest BCUT2D eigenvalue weighted by Crippen LogP contribution is -2.44. The molecule has 2 aromatic carbocycles. The summed E-state index contributed by atoms with van der Waals surface area (Å²) in [6.07, 6.45) is 0.486. The van der Waals surface area contributed by atoms with Crippen LogP contribution in [0, 0.1) is 0 Å². The normalized spacial score (nSPS) is 15.0. The Morgan fingerprint density at radius 3 is 2.54 bits per heavy atom. The highest BCUT2D eigenvalue weighted by molar-refractivity contribution is 5.92. The number of ether oxygens (including phenoxy) is 1. The number of carbonyl (C=O) groups excluding carboxylic acids is 1. The number of nitrogens with zero attached hydrogens (tertiary/aromatic N) is 1. The first-order valence-corrected chi connectivity index (χ1v) is 8.36. The van der Waals surface area contributed by atoms with Gasteiger partial charge in [0.15, 0.2) is 5.75 Å². The maximum absolute atomic E-state index is 12.3. The van der Waals surface area contributed by atoms with Crippen molar-refractivity contribution in [2.45, 2.75) is 6.42 Å². The van der Waals surface area contributed by atoms with Crippen molar-refractivity contribution in [3.63, 3.8) is 0 Å². The molecule has 0 aliphatic carbocycles. The van der Waals surface area contributed by atoms with Crippen LogP contribution in [0.5, 0.6) is 11.5 Å². The Hall–Kier alpha value is -2.37. The second-order valence-corrected chi connectivity index (χ2v) is 5.80. The average molecular weight is 325 g/mol. The third-order valence-electron chi connectivity index (χ3n) is 4.00. The molecule has 0 unspecified atom stereocenters. The Morgan fingerprint density at radius 1 is 1.04 bits per heavy atom. The minimum atomic E-state index is 0.0117. The summed E-state index contributed by atoms with van der Waals surface area (Å²) in [6.45, 7) is 4.78. The van der Waals surface area contributed by atoms with Gasteiger partial charge in [0.25, 0.3) is 0 Å². The summed E-state index contributed by atoms with van der Waals surface area (Å²) in [5.74, 6) is 1.41. The minimum Gasteiger partial charge on any atom is -0.455 e. The molecule has 5 heteroatoms. The quantitative estimate of drug-likeness (QED) is 0.857. The Kier molecular flexibility index (Phi) is 5.82. The summed E-state index contributed by atoms with van der Waals surface area (Å²) in [5, 5.41) is 6.28. The zero-order valence-electron chi connectivity index (χ0n) is 13.7. The van der Waals surface area contributed by atoms with Crippen molar-refractivity contribution in [3.8, 4) is 11.5 Å². The fraction of sp³-hybridized carbons (Fsp3) is 0.316. The molecule has 0 radical (unpaired) electrons. The van der Waals surface area contributed by atoms with E-state index in [4.69, 9.17) is 4.74 Å². The van der Waals surface area contributed by atoms with Gasteiger partial charge in [-0.05, 0) is 24.3 Å². The third kappa shape index (κ3) is 4.81. The van der Waals surface area contributed by atoms with Gasteiger partial charge in [0.05, 0.1) is 5.69 Å². The monoisotopic (exact) mass is 325 g/mol. The van der Waals surface area contributed by atoms with Gasteiger partial charge in [-0.3, -0.25) is 4.79 Å². The van der Waals surface area contributed by atoms with Gasteiger partial charge in [0.2, 0.25) is 5.91 Å². The summed E-state index contributed by atoms with van der Waals surface area (Å²) >= 11 is 0. The molecular formula is C19H23N3O2. The SMILES string of the molecule is O=C(CCN1CCNCC1)Nc1ccccc1Oc1ccccc1. The maximum Gasteiger partial charge on any atom is 0.225 e. The number of hydrogen-bond acceptors (Lipinski definition) is 4. The predicted molar refractivity (Wildman–Crippen MR) is 95.5 cm³/mol. The van der Waals surface area contributed by atoms with Crippen molar-refractivity contribution in [3.05, 3.63) is 54.6 Å². The number of rotatable bonds is 6. The second-order valence-electron chi connectivity index (χ2n) is 5.80. The van der Waals surface area contributed by atoms with Crippen LogP contribution in [0.2, 0.25) is 0 Å². The maximum atomic E-state index is 12.3. The molecule has 0 saturated carbocycles. The molecule has 2 N–H and O–H groups in total. The molecule has 0 spiro atoms. The Labute approximate surface area is 142 Å². The Morgan fingerprint density at radius 2 is 1.75 bits per heavy atom. The van der Waals surface area contributed by atoms with Gasteiger partial charge < -0.3 is 20.3 Å². The van der Waals surface area contributed by atoms with Crippen LogP contribution < -0.4 is 15.4 Å². The number of carbonyl (C=O) groups is 1. The zero-order valence-corrected chi connectivity index (χ0v) is 13.7. The van der Waals surface area contributed by atoms with Crippen LogP contribution >= 0.6 is 0 Å². The second kappa shape index (κ2) is 8.47.